The minimum absolute atomic E-state index is 0.0309. The number of benzene rings is 1. The summed E-state index contributed by atoms with van der Waals surface area (Å²) in [5.74, 6) is -2.09. The molecule has 0 radical (unpaired) electrons. The van der Waals surface area contributed by atoms with E-state index in [1.54, 1.807) is 30.8 Å². The first-order valence-electron chi connectivity index (χ1n) is 8.38. The van der Waals surface area contributed by atoms with Crippen LogP contribution in [0.4, 0.5) is 8.78 Å². The van der Waals surface area contributed by atoms with Crippen LogP contribution < -0.4 is 0 Å². The highest BCUT2D eigenvalue weighted by atomic mass is 19.2. The van der Waals surface area contributed by atoms with Crippen LogP contribution in [0.15, 0.2) is 18.2 Å². The Hall–Kier alpha value is -2.02. The third-order valence-corrected chi connectivity index (χ3v) is 4.33. The molecule has 0 bridgehead atoms. The first-order chi connectivity index (χ1) is 11.7. The SMILES string of the molecule is CCN(CC)C(=O)CN(C)CC(=O)N(C)C(C)c1ccc(F)c(F)c1. The zero-order chi connectivity index (χ0) is 19.1. The second kappa shape index (κ2) is 9.46. The monoisotopic (exact) mass is 355 g/mol. The molecular weight excluding hydrogens is 328 g/mol. The van der Waals surface area contributed by atoms with Gasteiger partial charge >= 0.3 is 0 Å². The van der Waals surface area contributed by atoms with Gasteiger partial charge in [0.15, 0.2) is 11.6 Å². The molecule has 1 aromatic rings. The summed E-state index contributed by atoms with van der Waals surface area (Å²) in [6.07, 6.45) is 0. The molecule has 0 heterocycles. The van der Waals surface area contributed by atoms with Crippen molar-refractivity contribution in [1.29, 1.82) is 0 Å². The largest absolute Gasteiger partial charge is 0.342 e. The van der Waals surface area contributed by atoms with Crippen LogP contribution in [0.5, 0.6) is 0 Å². The summed E-state index contributed by atoms with van der Waals surface area (Å²) in [5, 5.41) is 0. The fourth-order valence-corrected chi connectivity index (χ4v) is 2.52. The highest BCUT2D eigenvalue weighted by Crippen LogP contribution is 2.21. The van der Waals surface area contributed by atoms with E-state index in [2.05, 4.69) is 0 Å². The van der Waals surface area contributed by atoms with E-state index in [9.17, 15) is 18.4 Å². The van der Waals surface area contributed by atoms with E-state index in [0.29, 0.717) is 18.7 Å². The van der Waals surface area contributed by atoms with Gasteiger partial charge in [-0.2, -0.15) is 0 Å². The van der Waals surface area contributed by atoms with Crippen LogP contribution in [-0.4, -0.2) is 66.8 Å². The predicted octanol–water partition coefficient (Wildman–Crippen LogP) is 2.28. The second-order valence-corrected chi connectivity index (χ2v) is 6.09. The van der Waals surface area contributed by atoms with Crippen molar-refractivity contribution in [3.05, 3.63) is 35.4 Å². The molecule has 1 rings (SSSR count). The molecular formula is C18H27F2N3O2. The highest BCUT2D eigenvalue weighted by Gasteiger charge is 2.21. The summed E-state index contributed by atoms with van der Waals surface area (Å²) in [6.45, 7) is 7.03. The molecule has 0 fully saturated rings. The maximum absolute atomic E-state index is 13.4. The number of carbonyl (C=O) groups is 2. The van der Waals surface area contributed by atoms with Crippen LogP contribution in [0.3, 0.4) is 0 Å². The smallest absolute Gasteiger partial charge is 0.236 e. The summed E-state index contributed by atoms with van der Waals surface area (Å²) >= 11 is 0. The molecule has 7 heteroatoms. The zero-order valence-electron chi connectivity index (χ0n) is 15.6. The average molecular weight is 355 g/mol. The van der Waals surface area contributed by atoms with E-state index in [1.807, 2.05) is 13.8 Å². The van der Waals surface area contributed by atoms with Gasteiger partial charge < -0.3 is 9.80 Å². The molecule has 5 nitrogen and oxygen atoms in total. The average Bonchev–Trinajstić information content (AvgIpc) is 2.56. The number of nitrogens with zero attached hydrogens (tertiary/aromatic N) is 3. The summed E-state index contributed by atoms with van der Waals surface area (Å²) in [4.78, 5) is 29.3. The summed E-state index contributed by atoms with van der Waals surface area (Å²) in [5.41, 5.74) is 0.511. The van der Waals surface area contributed by atoms with Gasteiger partial charge in [-0.05, 0) is 45.5 Å². The molecule has 25 heavy (non-hydrogen) atoms. The van der Waals surface area contributed by atoms with E-state index in [4.69, 9.17) is 0 Å². The standard InChI is InChI=1S/C18H27F2N3O2/c1-6-23(7-2)18(25)12-21(4)11-17(24)22(5)13(3)14-8-9-15(19)16(20)10-14/h8-10,13H,6-7,11-12H2,1-5H3. The Morgan fingerprint density at radius 2 is 1.56 bits per heavy atom. The van der Waals surface area contributed by atoms with Crippen molar-refractivity contribution in [2.45, 2.75) is 26.8 Å². The van der Waals surface area contributed by atoms with Gasteiger partial charge in [-0.25, -0.2) is 8.78 Å². The van der Waals surface area contributed by atoms with Gasteiger partial charge in [-0.3, -0.25) is 14.5 Å². The molecule has 0 N–H and O–H groups in total. The van der Waals surface area contributed by atoms with Gasteiger partial charge in [0.1, 0.15) is 0 Å². The molecule has 0 aromatic heterocycles. The lowest BCUT2D eigenvalue weighted by molar-refractivity contribution is -0.135. The maximum atomic E-state index is 13.4. The van der Waals surface area contributed by atoms with E-state index >= 15 is 0 Å². The Morgan fingerprint density at radius 3 is 2.08 bits per heavy atom. The normalized spacial score (nSPS) is 12.2. The second-order valence-electron chi connectivity index (χ2n) is 6.09. The van der Waals surface area contributed by atoms with Gasteiger partial charge in [0, 0.05) is 20.1 Å². The number of amides is 2. The van der Waals surface area contributed by atoms with E-state index in [1.165, 1.54) is 11.0 Å². The van der Waals surface area contributed by atoms with Crippen LogP contribution in [0.1, 0.15) is 32.4 Å². The topological polar surface area (TPSA) is 43.9 Å². The van der Waals surface area contributed by atoms with Gasteiger partial charge in [-0.1, -0.05) is 6.07 Å². The van der Waals surface area contributed by atoms with E-state index < -0.39 is 17.7 Å². The zero-order valence-corrected chi connectivity index (χ0v) is 15.6. The van der Waals surface area contributed by atoms with Crippen molar-refractivity contribution in [2.75, 3.05) is 40.3 Å². The third kappa shape index (κ3) is 5.77. The first-order valence-corrected chi connectivity index (χ1v) is 8.38. The minimum atomic E-state index is -0.938. The summed E-state index contributed by atoms with van der Waals surface area (Å²) < 4.78 is 26.4. The molecule has 0 aliphatic rings. The molecule has 0 aliphatic carbocycles. The lowest BCUT2D eigenvalue weighted by atomic mass is 10.1. The Bertz CT molecular complexity index is 606. The fraction of sp³-hybridized carbons (Fsp3) is 0.556. The molecule has 1 unspecified atom stereocenters. The van der Waals surface area contributed by atoms with Crippen LogP contribution in [0.25, 0.3) is 0 Å². The van der Waals surface area contributed by atoms with Crippen molar-refractivity contribution >= 4 is 11.8 Å². The van der Waals surface area contributed by atoms with Crippen LogP contribution in [0.2, 0.25) is 0 Å². The number of halogens is 2. The maximum Gasteiger partial charge on any atom is 0.236 e. The van der Waals surface area contributed by atoms with Crippen molar-refractivity contribution < 1.29 is 18.4 Å². The Labute approximate surface area is 148 Å². The lowest BCUT2D eigenvalue weighted by Crippen LogP contribution is -2.43. The number of likely N-dealkylation sites (N-methyl/N-ethyl adjacent to an activating group) is 3. The van der Waals surface area contributed by atoms with Gasteiger partial charge in [-0.15, -0.1) is 0 Å². The third-order valence-electron chi connectivity index (χ3n) is 4.33. The first kappa shape index (κ1) is 21.0. The summed E-state index contributed by atoms with van der Waals surface area (Å²) in [7, 11) is 3.31. The van der Waals surface area contributed by atoms with Crippen molar-refractivity contribution in [3.8, 4) is 0 Å². The molecule has 0 saturated carbocycles. The number of carbonyl (C=O) groups excluding carboxylic acids is 2. The molecule has 2 amide bonds. The molecule has 0 saturated heterocycles. The fourth-order valence-electron chi connectivity index (χ4n) is 2.52. The van der Waals surface area contributed by atoms with Crippen LogP contribution >= 0.6 is 0 Å². The quantitative estimate of drug-likeness (QED) is 0.719. The Kier molecular flexibility index (Phi) is 7.96. The number of hydrogen-bond donors (Lipinski definition) is 0. The molecule has 1 aromatic carbocycles. The Morgan fingerprint density at radius 1 is 1.00 bits per heavy atom. The molecule has 0 spiro atoms. The van der Waals surface area contributed by atoms with Crippen LogP contribution in [-0.2, 0) is 9.59 Å². The Balaban J connectivity index is 2.66. The lowest BCUT2D eigenvalue weighted by Gasteiger charge is -2.28. The number of rotatable bonds is 8. The minimum Gasteiger partial charge on any atom is -0.342 e. The molecule has 140 valence electrons. The van der Waals surface area contributed by atoms with E-state index in [0.717, 1.165) is 12.1 Å². The predicted molar refractivity (Wildman–Crippen MR) is 93.0 cm³/mol. The van der Waals surface area contributed by atoms with Crippen LogP contribution in [0, 0.1) is 11.6 Å². The molecule has 0 aliphatic heterocycles. The van der Waals surface area contributed by atoms with Gasteiger partial charge in [0.25, 0.3) is 0 Å². The number of hydrogen-bond acceptors (Lipinski definition) is 3. The van der Waals surface area contributed by atoms with Crippen molar-refractivity contribution in [2.24, 2.45) is 0 Å². The van der Waals surface area contributed by atoms with Gasteiger partial charge in [0.05, 0.1) is 19.1 Å². The van der Waals surface area contributed by atoms with Crippen molar-refractivity contribution in [1.82, 2.24) is 14.7 Å². The highest BCUT2D eigenvalue weighted by molar-refractivity contribution is 5.81. The van der Waals surface area contributed by atoms with Crippen molar-refractivity contribution in [3.63, 3.8) is 0 Å². The summed E-state index contributed by atoms with van der Waals surface area (Å²) in [6, 6.07) is 3.20. The van der Waals surface area contributed by atoms with E-state index in [-0.39, 0.29) is 24.9 Å². The molecule has 1 atom stereocenters. The van der Waals surface area contributed by atoms with Gasteiger partial charge in [0.2, 0.25) is 11.8 Å².